The molecule has 1 aromatic rings. The van der Waals surface area contributed by atoms with Crippen molar-refractivity contribution in [3.05, 3.63) is 29.8 Å². The Morgan fingerprint density at radius 1 is 1.35 bits per heavy atom. The summed E-state index contributed by atoms with van der Waals surface area (Å²) in [4.78, 5) is 0. The zero-order valence-corrected chi connectivity index (χ0v) is 10.2. The standard InChI is InChI=1S/C14H21NO2/c15-9-3-6-12-5-1-2-8-14(12)17-11-13-7-4-10-16-13/h1-2,5,8,13H,3-4,6-7,9-11,15H2. The van der Waals surface area contributed by atoms with Gasteiger partial charge in [-0.15, -0.1) is 0 Å². The van der Waals surface area contributed by atoms with Crippen molar-refractivity contribution in [1.82, 2.24) is 0 Å². The second kappa shape index (κ2) is 6.62. The average molecular weight is 235 g/mol. The molecule has 1 fully saturated rings. The molecule has 1 aromatic carbocycles. The summed E-state index contributed by atoms with van der Waals surface area (Å²) < 4.78 is 11.4. The molecular weight excluding hydrogens is 214 g/mol. The van der Waals surface area contributed by atoms with Gasteiger partial charge in [-0.05, 0) is 43.9 Å². The fourth-order valence-electron chi connectivity index (χ4n) is 2.10. The summed E-state index contributed by atoms with van der Waals surface area (Å²) >= 11 is 0. The van der Waals surface area contributed by atoms with E-state index in [4.69, 9.17) is 15.2 Å². The molecule has 0 saturated carbocycles. The van der Waals surface area contributed by atoms with Gasteiger partial charge in [-0.3, -0.25) is 0 Å². The van der Waals surface area contributed by atoms with Crippen LogP contribution in [0.3, 0.4) is 0 Å². The number of rotatable bonds is 6. The van der Waals surface area contributed by atoms with Crippen LogP contribution in [0.5, 0.6) is 5.75 Å². The quantitative estimate of drug-likeness (QED) is 0.821. The van der Waals surface area contributed by atoms with E-state index >= 15 is 0 Å². The van der Waals surface area contributed by atoms with Crippen molar-refractivity contribution in [2.45, 2.75) is 31.8 Å². The molecule has 2 N–H and O–H groups in total. The summed E-state index contributed by atoms with van der Waals surface area (Å²) in [5.41, 5.74) is 6.79. The Bertz CT molecular complexity index is 335. The Hall–Kier alpha value is -1.06. The summed E-state index contributed by atoms with van der Waals surface area (Å²) in [6.07, 6.45) is 4.53. The molecule has 1 heterocycles. The second-order valence-corrected chi connectivity index (χ2v) is 4.45. The maximum Gasteiger partial charge on any atom is 0.122 e. The largest absolute Gasteiger partial charge is 0.491 e. The van der Waals surface area contributed by atoms with Gasteiger partial charge in [0.05, 0.1) is 6.10 Å². The van der Waals surface area contributed by atoms with Gasteiger partial charge in [-0.2, -0.15) is 0 Å². The van der Waals surface area contributed by atoms with E-state index in [0.29, 0.717) is 6.61 Å². The smallest absolute Gasteiger partial charge is 0.122 e. The molecule has 94 valence electrons. The zero-order valence-electron chi connectivity index (χ0n) is 10.2. The first-order chi connectivity index (χ1) is 8.40. The normalized spacial score (nSPS) is 19.5. The lowest BCUT2D eigenvalue weighted by molar-refractivity contribution is 0.0676. The predicted molar refractivity (Wildman–Crippen MR) is 68.3 cm³/mol. The van der Waals surface area contributed by atoms with E-state index in [9.17, 15) is 0 Å². The average Bonchev–Trinajstić information content (AvgIpc) is 2.88. The van der Waals surface area contributed by atoms with Crippen LogP contribution in [0, 0.1) is 0 Å². The molecular formula is C14H21NO2. The van der Waals surface area contributed by atoms with E-state index in [1.807, 2.05) is 18.2 Å². The van der Waals surface area contributed by atoms with Gasteiger partial charge >= 0.3 is 0 Å². The molecule has 17 heavy (non-hydrogen) atoms. The van der Waals surface area contributed by atoms with Gasteiger partial charge in [-0.1, -0.05) is 18.2 Å². The van der Waals surface area contributed by atoms with Crippen molar-refractivity contribution in [1.29, 1.82) is 0 Å². The Kier molecular flexibility index (Phi) is 4.83. The molecule has 0 radical (unpaired) electrons. The highest BCUT2D eigenvalue weighted by Gasteiger charge is 2.16. The highest BCUT2D eigenvalue weighted by Crippen LogP contribution is 2.21. The van der Waals surface area contributed by atoms with Gasteiger partial charge in [0.1, 0.15) is 12.4 Å². The summed E-state index contributed by atoms with van der Waals surface area (Å²) in [6.45, 7) is 2.27. The van der Waals surface area contributed by atoms with Gasteiger partial charge < -0.3 is 15.2 Å². The molecule has 0 spiro atoms. The maximum absolute atomic E-state index is 5.85. The highest BCUT2D eigenvalue weighted by molar-refractivity contribution is 5.33. The van der Waals surface area contributed by atoms with Crippen molar-refractivity contribution >= 4 is 0 Å². The van der Waals surface area contributed by atoms with Crippen molar-refractivity contribution < 1.29 is 9.47 Å². The molecule has 2 rings (SSSR count). The molecule has 1 atom stereocenters. The Labute approximate surface area is 103 Å². The van der Waals surface area contributed by atoms with Crippen molar-refractivity contribution in [3.8, 4) is 5.75 Å². The molecule has 1 unspecified atom stereocenters. The fraction of sp³-hybridized carbons (Fsp3) is 0.571. The minimum Gasteiger partial charge on any atom is -0.491 e. The lowest BCUT2D eigenvalue weighted by atomic mass is 10.1. The molecule has 1 aliphatic heterocycles. The van der Waals surface area contributed by atoms with Gasteiger partial charge in [-0.25, -0.2) is 0 Å². The summed E-state index contributed by atoms with van der Waals surface area (Å²) in [7, 11) is 0. The van der Waals surface area contributed by atoms with Gasteiger partial charge in [0.2, 0.25) is 0 Å². The first-order valence-electron chi connectivity index (χ1n) is 6.42. The lowest BCUT2D eigenvalue weighted by Gasteiger charge is -2.14. The SMILES string of the molecule is NCCCc1ccccc1OCC1CCCO1. The molecule has 0 aliphatic carbocycles. The van der Waals surface area contributed by atoms with Crippen molar-refractivity contribution in [3.63, 3.8) is 0 Å². The number of aryl methyl sites for hydroxylation is 1. The van der Waals surface area contributed by atoms with Crippen molar-refractivity contribution in [2.75, 3.05) is 19.8 Å². The summed E-state index contributed by atoms with van der Waals surface area (Å²) in [6, 6.07) is 8.20. The maximum atomic E-state index is 5.85. The van der Waals surface area contributed by atoms with Crippen LogP contribution in [0.2, 0.25) is 0 Å². The van der Waals surface area contributed by atoms with E-state index in [-0.39, 0.29) is 6.10 Å². The number of nitrogens with two attached hydrogens (primary N) is 1. The van der Waals surface area contributed by atoms with Gasteiger partial charge in [0, 0.05) is 6.61 Å². The number of ether oxygens (including phenoxy) is 2. The van der Waals surface area contributed by atoms with Gasteiger partial charge in [0.25, 0.3) is 0 Å². The first-order valence-corrected chi connectivity index (χ1v) is 6.42. The van der Waals surface area contributed by atoms with Crippen LogP contribution >= 0.6 is 0 Å². The van der Waals surface area contributed by atoms with Crippen molar-refractivity contribution in [2.24, 2.45) is 5.73 Å². The predicted octanol–water partition coefficient (Wildman–Crippen LogP) is 2.14. The third-order valence-electron chi connectivity index (χ3n) is 3.07. The molecule has 0 amide bonds. The fourth-order valence-corrected chi connectivity index (χ4v) is 2.10. The van der Waals surface area contributed by atoms with E-state index in [0.717, 1.165) is 44.6 Å². The lowest BCUT2D eigenvalue weighted by Crippen LogP contribution is -2.16. The van der Waals surface area contributed by atoms with Crippen LogP contribution < -0.4 is 10.5 Å². The van der Waals surface area contributed by atoms with Crippen LogP contribution in [-0.4, -0.2) is 25.9 Å². The highest BCUT2D eigenvalue weighted by atomic mass is 16.5. The van der Waals surface area contributed by atoms with Crippen LogP contribution in [0.4, 0.5) is 0 Å². The molecule has 1 saturated heterocycles. The molecule has 0 bridgehead atoms. The molecule has 3 nitrogen and oxygen atoms in total. The van der Waals surface area contributed by atoms with E-state index in [2.05, 4.69) is 6.07 Å². The van der Waals surface area contributed by atoms with Crippen LogP contribution in [-0.2, 0) is 11.2 Å². The summed E-state index contributed by atoms with van der Waals surface area (Å²) in [5.74, 6) is 0.983. The van der Waals surface area contributed by atoms with Gasteiger partial charge in [0.15, 0.2) is 0 Å². The first kappa shape index (κ1) is 12.4. The summed E-state index contributed by atoms with van der Waals surface area (Å²) in [5, 5.41) is 0. The van der Waals surface area contributed by atoms with E-state index in [1.165, 1.54) is 5.56 Å². The number of benzene rings is 1. The topological polar surface area (TPSA) is 44.5 Å². The Morgan fingerprint density at radius 3 is 3.00 bits per heavy atom. The molecule has 1 aliphatic rings. The number of hydrogen-bond acceptors (Lipinski definition) is 3. The van der Waals surface area contributed by atoms with Crippen LogP contribution in [0.25, 0.3) is 0 Å². The zero-order chi connectivity index (χ0) is 11.9. The van der Waals surface area contributed by atoms with Crippen LogP contribution in [0.15, 0.2) is 24.3 Å². The Morgan fingerprint density at radius 2 is 2.24 bits per heavy atom. The van der Waals surface area contributed by atoms with E-state index in [1.54, 1.807) is 0 Å². The molecule has 3 heteroatoms. The number of para-hydroxylation sites is 1. The Balaban J connectivity index is 1.89. The third kappa shape index (κ3) is 3.72. The monoisotopic (exact) mass is 235 g/mol. The second-order valence-electron chi connectivity index (χ2n) is 4.45. The number of hydrogen-bond donors (Lipinski definition) is 1. The third-order valence-corrected chi connectivity index (χ3v) is 3.07. The molecule has 0 aromatic heterocycles. The minimum atomic E-state index is 0.276. The van der Waals surface area contributed by atoms with E-state index < -0.39 is 0 Å². The minimum absolute atomic E-state index is 0.276. The van der Waals surface area contributed by atoms with Crippen LogP contribution in [0.1, 0.15) is 24.8 Å².